The average Bonchev–Trinajstić information content (AvgIpc) is 2.89. The molecule has 1 aromatic rings. The van der Waals surface area contributed by atoms with E-state index in [0.717, 1.165) is 13.0 Å². The van der Waals surface area contributed by atoms with Gasteiger partial charge in [-0.2, -0.15) is 0 Å². The smallest absolute Gasteiger partial charge is 0.247 e. The minimum Gasteiger partial charge on any atom is -0.247 e. The summed E-state index contributed by atoms with van der Waals surface area (Å²) in [6.45, 7) is 7.22. The predicted octanol–water partition coefficient (Wildman–Crippen LogP) is 4.95. The van der Waals surface area contributed by atoms with Gasteiger partial charge >= 0.3 is 0 Å². The summed E-state index contributed by atoms with van der Waals surface area (Å²) in [6.07, 6.45) is 21.1. The van der Waals surface area contributed by atoms with E-state index in [2.05, 4.69) is 29.3 Å². The van der Waals surface area contributed by atoms with Crippen LogP contribution in [-0.2, 0) is 13.0 Å². The lowest BCUT2D eigenvalue weighted by Crippen LogP contribution is -2.35. The Labute approximate surface area is 125 Å². The number of nitrogens with zero attached hydrogens (tertiary/aromatic N) is 1. The van der Waals surface area contributed by atoms with E-state index in [9.17, 15) is 0 Å². The molecule has 0 fully saturated rings. The fraction of sp³-hybridized carbons (Fsp3) is 0.722. The summed E-state index contributed by atoms with van der Waals surface area (Å²) in [5.74, 6) is 1.27. The summed E-state index contributed by atoms with van der Waals surface area (Å²) >= 11 is 0. The molecule has 0 spiro atoms. The molecular weight excluding hydrogens is 244 g/mol. The van der Waals surface area contributed by atoms with Crippen LogP contribution < -0.4 is 4.57 Å². The molecule has 0 radical (unpaired) electrons. The van der Waals surface area contributed by atoms with Crippen molar-refractivity contribution in [3.05, 3.63) is 30.9 Å². The zero-order valence-corrected chi connectivity index (χ0v) is 13.4. The summed E-state index contributed by atoms with van der Waals surface area (Å²) in [5.41, 5.74) is 0. The van der Waals surface area contributed by atoms with Crippen LogP contribution in [0.5, 0.6) is 0 Å². The first-order chi connectivity index (χ1) is 9.88. The highest BCUT2D eigenvalue weighted by atomic mass is 15.1. The molecule has 114 valence electrons. The molecule has 0 saturated heterocycles. The second-order valence-electron chi connectivity index (χ2n) is 5.77. The van der Waals surface area contributed by atoms with E-state index in [1.54, 1.807) is 0 Å². The molecule has 1 N–H and O–H groups in total. The highest BCUT2D eigenvalue weighted by molar-refractivity contribution is 4.85. The molecule has 0 aliphatic heterocycles. The molecule has 0 bridgehead atoms. The third-order valence-corrected chi connectivity index (χ3v) is 3.94. The maximum absolute atomic E-state index is 3.80. The molecule has 0 aliphatic carbocycles. The van der Waals surface area contributed by atoms with E-state index >= 15 is 0 Å². The number of aromatic nitrogens is 2. The second-order valence-corrected chi connectivity index (χ2v) is 5.77. The predicted molar refractivity (Wildman–Crippen MR) is 86.7 cm³/mol. The second kappa shape index (κ2) is 11.7. The number of imidazole rings is 1. The number of aromatic amines is 1. The van der Waals surface area contributed by atoms with Gasteiger partial charge in [-0.3, -0.25) is 0 Å². The minimum atomic E-state index is 0.935. The van der Waals surface area contributed by atoms with Crippen LogP contribution in [0.3, 0.4) is 0 Å². The van der Waals surface area contributed by atoms with E-state index in [4.69, 9.17) is 0 Å². The third kappa shape index (κ3) is 7.52. The molecule has 0 amide bonds. The number of nitrogens with one attached hydrogen (secondary N) is 1. The van der Waals surface area contributed by atoms with Gasteiger partial charge in [-0.1, -0.05) is 64.4 Å². The van der Waals surface area contributed by atoms with Crippen molar-refractivity contribution < 1.29 is 4.57 Å². The number of allylic oxidation sites excluding steroid dienone is 1. The van der Waals surface area contributed by atoms with Crippen LogP contribution in [0.25, 0.3) is 0 Å². The van der Waals surface area contributed by atoms with Gasteiger partial charge in [-0.25, -0.2) is 9.55 Å². The lowest BCUT2D eigenvalue weighted by atomic mass is 10.1. The van der Waals surface area contributed by atoms with Gasteiger partial charge < -0.3 is 0 Å². The summed E-state index contributed by atoms with van der Waals surface area (Å²) in [6, 6.07) is 0. The molecule has 0 atom stereocenters. The molecule has 20 heavy (non-hydrogen) atoms. The van der Waals surface area contributed by atoms with Gasteiger partial charge in [0.15, 0.2) is 0 Å². The lowest BCUT2D eigenvalue weighted by molar-refractivity contribution is -0.702. The summed E-state index contributed by atoms with van der Waals surface area (Å²) in [7, 11) is 0. The molecule has 1 heterocycles. The largest absolute Gasteiger partial charge is 0.258 e. The van der Waals surface area contributed by atoms with Crippen molar-refractivity contribution >= 4 is 0 Å². The SMILES string of the molecule is C=CCc1[nH]cc[n+]1CCCCCCCCCCCC. The zero-order chi connectivity index (χ0) is 14.5. The molecule has 0 unspecified atom stereocenters. The van der Waals surface area contributed by atoms with Crippen molar-refractivity contribution in [2.75, 3.05) is 0 Å². The first-order valence-electron chi connectivity index (χ1n) is 8.55. The fourth-order valence-corrected chi connectivity index (χ4v) is 2.69. The van der Waals surface area contributed by atoms with Crippen molar-refractivity contribution in [1.29, 1.82) is 0 Å². The number of H-pyrrole nitrogens is 1. The van der Waals surface area contributed by atoms with E-state index in [0.29, 0.717) is 0 Å². The number of rotatable bonds is 13. The van der Waals surface area contributed by atoms with Crippen LogP contribution in [0.1, 0.15) is 77.0 Å². The quantitative estimate of drug-likeness (QED) is 0.299. The zero-order valence-electron chi connectivity index (χ0n) is 13.4. The van der Waals surface area contributed by atoms with Crippen molar-refractivity contribution in [2.45, 2.75) is 84.1 Å². The standard InChI is InChI=1S/C18H32N2/c1-3-5-6-7-8-9-10-11-12-13-16-20-17-15-19-18(20)14-4-2/h4,15,17H,2-3,5-14,16H2,1H3/p+1. The van der Waals surface area contributed by atoms with Gasteiger partial charge in [0.1, 0.15) is 12.4 Å². The van der Waals surface area contributed by atoms with Crippen molar-refractivity contribution in [1.82, 2.24) is 4.98 Å². The number of hydrogen-bond acceptors (Lipinski definition) is 0. The molecule has 2 nitrogen and oxygen atoms in total. The van der Waals surface area contributed by atoms with Gasteiger partial charge in [-0.15, -0.1) is 6.58 Å². The monoisotopic (exact) mass is 277 g/mol. The van der Waals surface area contributed by atoms with Gasteiger partial charge in [0, 0.05) is 0 Å². The van der Waals surface area contributed by atoms with Crippen molar-refractivity contribution in [2.24, 2.45) is 0 Å². The van der Waals surface area contributed by atoms with Gasteiger partial charge in [0.05, 0.1) is 13.0 Å². The van der Waals surface area contributed by atoms with Crippen molar-refractivity contribution in [3.8, 4) is 0 Å². The van der Waals surface area contributed by atoms with Crippen LogP contribution in [0.4, 0.5) is 0 Å². The van der Waals surface area contributed by atoms with Crippen molar-refractivity contribution in [3.63, 3.8) is 0 Å². The van der Waals surface area contributed by atoms with E-state index in [-0.39, 0.29) is 0 Å². The lowest BCUT2D eigenvalue weighted by Gasteiger charge is -2.02. The Kier molecular flexibility index (Phi) is 9.99. The molecule has 0 aromatic carbocycles. The van der Waals surface area contributed by atoms with Crippen LogP contribution in [0.2, 0.25) is 0 Å². The first kappa shape index (κ1) is 17.0. The van der Waals surface area contributed by atoms with Gasteiger partial charge in [0.2, 0.25) is 0 Å². The molecule has 2 heteroatoms. The Hall–Kier alpha value is -1.05. The maximum Gasteiger partial charge on any atom is 0.258 e. The molecule has 1 rings (SSSR count). The molecule has 0 saturated carbocycles. The Bertz CT molecular complexity index is 341. The first-order valence-corrected chi connectivity index (χ1v) is 8.55. The molecule has 1 aromatic heterocycles. The van der Waals surface area contributed by atoms with Crippen LogP contribution in [-0.4, -0.2) is 4.98 Å². The van der Waals surface area contributed by atoms with Gasteiger partial charge in [0.25, 0.3) is 5.82 Å². The number of unbranched alkanes of at least 4 members (excludes halogenated alkanes) is 9. The topological polar surface area (TPSA) is 19.7 Å². The van der Waals surface area contributed by atoms with Crippen LogP contribution in [0, 0.1) is 0 Å². The highest BCUT2D eigenvalue weighted by Gasteiger charge is 2.07. The normalized spacial score (nSPS) is 10.8. The number of hydrogen-bond donors (Lipinski definition) is 1. The van der Waals surface area contributed by atoms with Gasteiger partial charge in [-0.05, 0) is 12.8 Å². The Morgan fingerprint density at radius 1 is 1.00 bits per heavy atom. The minimum absolute atomic E-state index is 0.935. The maximum atomic E-state index is 3.80. The summed E-state index contributed by atoms with van der Waals surface area (Å²) in [5, 5.41) is 0. The van der Waals surface area contributed by atoms with E-state index < -0.39 is 0 Å². The Balaban J connectivity index is 1.94. The Morgan fingerprint density at radius 3 is 2.20 bits per heavy atom. The molecule has 0 aliphatic rings. The summed E-state index contributed by atoms with van der Waals surface area (Å²) in [4.78, 5) is 3.28. The summed E-state index contributed by atoms with van der Waals surface area (Å²) < 4.78 is 2.33. The molecular formula is C18H33N2+. The average molecular weight is 277 g/mol. The third-order valence-electron chi connectivity index (χ3n) is 3.94. The van der Waals surface area contributed by atoms with Crippen LogP contribution in [0.15, 0.2) is 25.0 Å². The van der Waals surface area contributed by atoms with E-state index in [1.807, 2.05) is 12.3 Å². The fourth-order valence-electron chi connectivity index (χ4n) is 2.69. The van der Waals surface area contributed by atoms with E-state index in [1.165, 1.54) is 70.0 Å². The van der Waals surface area contributed by atoms with Crippen LogP contribution >= 0.6 is 0 Å². The Morgan fingerprint density at radius 2 is 1.60 bits per heavy atom. The number of aryl methyl sites for hydroxylation is 1. The highest BCUT2D eigenvalue weighted by Crippen LogP contribution is 2.10.